The van der Waals surface area contributed by atoms with Crippen molar-refractivity contribution >= 4 is 29.4 Å². The van der Waals surface area contributed by atoms with Crippen LogP contribution in [0.25, 0.3) is 0 Å². The van der Waals surface area contributed by atoms with Crippen LogP contribution in [0.5, 0.6) is 0 Å². The summed E-state index contributed by atoms with van der Waals surface area (Å²) in [6.07, 6.45) is -10.1. The molecular formula is C19H13F6N3O5. The second-order valence-electron chi connectivity index (χ2n) is 6.10. The van der Waals surface area contributed by atoms with E-state index in [-0.39, 0.29) is 5.56 Å². The average Bonchev–Trinajstić information content (AvgIpc) is 2.75. The summed E-state index contributed by atoms with van der Waals surface area (Å²) in [7, 11) is 0.981. The van der Waals surface area contributed by atoms with Crippen LogP contribution in [0, 0.1) is 0 Å². The van der Waals surface area contributed by atoms with Gasteiger partial charge in [0.1, 0.15) is 0 Å². The predicted molar refractivity (Wildman–Crippen MR) is 100 cm³/mol. The molecule has 14 heteroatoms. The number of carbonyl (C=O) groups excluding carboxylic acids is 3. The van der Waals surface area contributed by atoms with Crippen molar-refractivity contribution in [3.63, 3.8) is 0 Å². The lowest BCUT2D eigenvalue weighted by atomic mass is 10.1. The zero-order chi connectivity index (χ0) is 25.0. The Morgan fingerprint density at radius 2 is 1.58 bits per heavy atom. The van der Waals surface area contributed by atoms with Gasteiger partial charge in [-0.15, -0.1) is 0 Å². The Kier molecular flexibility index (Phi) is 7.31. The number of amides is 1. The summed E-state index contributed by atoms with van der Waals surface area (Å²) in [6.45, 7) is 0. The molecular weight excluding hydrogens is 464 g/mol. The van der Waals surface area contributed by atoms with Gasteiger partial charge in [0, 0.05) is 5.56 Å². The van der Waals surface area contributed by atoms with Crippen LogP contribution in [0.3, 0.4) is 0 Å². The number of amidine groups is 1. The molecule has 0 aromatic heterocycles. The van der Waals surface area contributed by atoms with Crippen molar-refractivity contribution in [3.8, 4) is 0 Å². The average molecular weight is 477 g/mol. The smallest absolute Gasteiger partial charge is 0.465 e. The second-order valence-corrected chi connectivity index (χ2v) is 6.10. The third-order valence-corrected chi connectivity index (χ3v) is 3.90. The molecule has 0 aliphatic heterocycles. The fraction of sp³-hybridized carbons (Fsp3) is 0.158. The highest BCUT2D eigenvalue weighted by Gasteiger charge is 2.39. The van der Waals surface area contributed by atoms with Crippen LogP contribution >= 0.6 is 0 Å². The number of hydrogen-bond donors (Lipinski definition) is 2. The molecule has 1 amide bonds. The minimum atomic E-state index is -5.34. The Morgan fingerprint density at radius 3 is 2.15 bits per heavy atom. The van der Waals surface area contributed by atoms with Crippen molar-refractivity contribution in [1.29, 1.82) is 0 Å². The summed E-state index contributed by atoms with van der Waals surface area (Å²) in [6, 6.07) is 6.45. The number of ether oxygens (including phenoxy) is 1. The largest absolute Gasteiger partial charge is 0.471 e. The fourth-order valence-corrected chi connectivity index (χ4v) is 2.41. The first-order chi connectivity index (χ1) is 15.3. The number of benzene rings is 2. The van der Waals surface area contributed by atoms with Crippen LogP contribution in [-0.4, -0.2) is 37.0 Å². The first kappa shape index (κ1) is 25.2. The molecule has 0 saturated carbocycles. The van der Waals surface area contributed by atoms with E-state index in [9.17, 15) is 40.7 Å². The number of nitrogens with two attached hydrogens (primary N) is 1. The number of rotatable bonds is 5. The van der Waals surface area contributed by atoms with Gasteiger partial charge in [-0.2, -0.15) is 26.3 Å². The quantitative estimate of drug-likeness (QED) is 0.170. The van der Waals surface area contributed by atoms with E-state index in [1.54, 1.807) is 0 Å². The van der Waals surface area contributed by atoms with Gasteiger partial charge in [0.05, 0.1) is 29.5 Å². The van der Waals surface area contributed by atoms with Crippen LogP contribution in [0.2, 0.25) is 0 Å². The van der Waals surface area contributed by atoms with Crippen LogP contribution in [-0.2, 0) is 20.5 Å². The molecule has 8 nitrogen and oxygen atoms in total. The number of hydrogen-bond acceptors (Lipinski definition) is 6. The molecule has 0 heterocycles. The number of alkyl halides is 6. The third kappa shape index (κ3) is 6.21. The number of methoxy groups -OCH3 is 1. The molecule has 0 saturated heterocycles. The van der Waals surface area contributed by atoms with Crippen LogP contribution in [0.1, 0.15) is 31.8 Å². The molecule has 33 heavy (non-hydrogen) atoms. The lowest BCUT2D eigenvalue weighted by molar-refractivity contribution is -0.167. The van der Waals surface area contributed by atoms with E-state index in [1.807, 2.05) is 0 Å². The van der Waals surface area contributed by atoms with Crippen LogP contribution in [0.4, 0.5) is 32.0 Å². The van der Waals surface area contributed by atoms with Crippen molar-refractivity contribution in [2.24, 2.45) is 10.9 Å². The Hall–Kier alpha value is -4.10. The molecule has 176 valence electrons. The van der Waals surface area contributed by atoms with Crippen molar-refractivity contribution in [1.82, 2.24) is 0 Å². The Labute approximate surface area is 180 Å². The maximum atomic E-state index is 13.1. The van der Waals surface area contributed by atoms with E-state index in [0.717, 1.165) is 31.4 Å². The lowest BCUT2D eigenvalue weighted by Crippen LogP contribution is -2.30. The Morgan fingerprint density at radius 1 is 0.939 bits per heavy atom. The molecule has 0 spiro atoms. The molecule has 2 aromatic carbocycles. The van der Waals surface area contributed by atoms with Gasteiger partial charge in [0.2, 0.25) is 0 Å². The zero-order valence-corrected chi connectivity index (χ0v) is 16.4. The predicted octanol–water partition coefficient (Wildman–Crippen LogP) is 3.47. The number of oxime groups is 1. The number of carbonyl (C=O) groups is 3. The lowest BCUT2D eigenvalue weighted by Gasteiger charge is -2.13. The van der Waals surface area contributed by atoms with Gasteiger partial charge in [-0.05, 0) is 24.3 Å². The zero-order valence-electron chi connectivity index (χ0n) is 16.4. The van der Waals surface area contributed by atoms with E-state index in [4.69, 9.17) is 5.73 Å². The topological polar surface area (TPSA) is 120 Å². The highest BCUT2D eigenvalue weighted by Crippen LogP contribution is 2.31. The van der Waals surface area contributed by atoms with Gasteiger partial charge in [-0.3, -0.25) is 4.79 Å². The molecule has 0 fully saturated rings. The van der Waals surface area contributed by atoms with E-state index < -0.39 is 58.4 Å². The van der Waals surface area contributed by atoms with Gasteiger partial charge < -0.3 is 20.6 Å². The molecule has 0 aliphatic rings. The minimum absolute atomic E-state index is 0.325. The van der Waals surface area contributed by atoms with Crippen molar-refractivity contribution in [2.45, 2.75) is 12.4 Å². The van der Waals surface area contributed by atoms with E-state index in [0.29, 0.717) is 12.1 Å². The summed E-state index contributed by atoms with van der Waals surface area (Å²) in [5, 5.41) is 4.50. The fourth-order valence-electron chi connectivity index (χ4n) is 2.41. The van der Waals surface area contributed by atoms with E-state index >= 15 is 0 Å². The molecule has 2 rings (SSSR count). The monoisotopic (exact) mass is 477 g/mol. The minimum Gasteiger partial charge on any atom is -0.465 e. The standard InChI is InChI=1S/C19H13F6N3O5/c1-32-15(29)9-6-7-11(13(8-9)27-17(31)19(23,24)25)16(30)33-28-14(26)10-4-2-3-5-12(10)18(20,21)22/h2-8H,1H3,(H2,26,28)(H,27,31). The second kappa shape index (κ2) is 9.58. The highest BCUT2D eigenvalue weighted by atomic mass is 19.4. The third-order valence-electron chi connectivity index (χ3n) is 3.90. The maximum Gasteiger partial charge on any atom is 0.471 e. The van der Waals surface area contributed by atoms with E-state index in [1.165, 1.54) is 11.4 Å². The van der Waals surface area contributed by atoms with Gasteiger partial charge >= 0.3 is 30.2 Å². The summed E-state index contributed by atoms with van der Waals surface area (Å²) < 4.78 is 81.5. The molecule has 0 atom stereocenters. The number of nitrogens with one attached hydrogen (secondary N) is 1. The van der Waals surface area contributed by atoms with Gasteiger partial charge in [-0.25, -0.2) is 9.59 Å². The molecule has 3 N–H and O–H groups in total. The SMILES string of the molecule is COC(=O)c1ccc(C(=O)ON=C(N)c2ccccc2C(F)(F)F)c(NC(=O)C(F)(F)F)c1. The first-order valence-corrected chi connectivity index (χ1v) is 8.57. The normalized spacial score (nSPS) is 12.2. The van der Waals surface area contributed by atoms with Gasteiger partial charge in [-0.1, -0.05) is 23.4 Å². The summed E-state index contributed by atoms with van der Waals surface area (Å²) in [5.41, 5.74) is 1.84. The number of halogens is 6. The maximum absolute atomic E-state index is 13.1. The molecule has 2 aromatic rings. The first-order valence-electron chi connectivity index (χ1n) is 8.57. The molecule has 0 bridgehead atoms. The summed E-state index contributed by atoms with van der Waals surface area (Å²) in [5.74, 6) is -5.82. The molecule has 0 aliphatic carbocycles. The Bertz CT molecular complexity index is 1110. The van der Waals surface area contributed by atoms with Crippen LogP contribution < -0.4 is 11.1 Å². The van der Waals surface area contributed by atoms with Crippen molar-refractivity contribution in [2.75, 3.05) is 12.4 Å². The van der Waals surface area contributed by atoms with E-state index in [2.05, 4.69) is 14.7 Å². The number of nitrogens with zero attached hydrogens (tertiary/aromatic N) is 1. The summed E-state index contributed by atoms with van der Waals surface area (Å²) >= 11 is 0. The van der Waals surface area contributed by atoms with Gasteiger partial charge in [0.25, 0.3) is 0 Å². The van der Waals surface area contributed by atoms with Crippen molar-refractivity contribution < 1.29 is 50.3 Å². The highest BCUT2D eigenvalue weighted by molar-refractivity contribution is 6.05. The van der Waals surface area contributed by atoms with Gasteiger partial charge in [0.15, 0.2) is 5.84 Å². The molecule has 0 radical (unpaired) electrons. The number of esters is 1. The number of anilines is 1. The Balaban J connectivity index is 2.39. The van der Waals surface area contributed by atoms with Crippen molar-refractivity contribution in [3.05, 3.63) is 64.7 Å². The van der Waals surface area contributed by atoms with Crippen LogP contribution in [0.15, 0.2) is 47.6 Å². The summed E-state index contributed by atoms with van der Waals surface area (Å²) in [4.78, 5) is 39.7. The molecule has 0 unspecified atom stereocenters.